The third-order valence-corrected chi connectivity index (χ3v) is 6.34. The van der Waals surface area contributed by atoms with Crippen LogP contribution in [0, 0.1) is 0 Å². The van der Waals surface area contributed by atoms with Crippen LogP contribution < -0.4 is 14.4 Å². The first-order valence-corrected chi connectivity index (χ1v) is 12.2. The summed E-state index contributed by atoms with van der Waals surface area (Å²) in [4.78, 5) is 25.7. The molecule has 3 aromatic carbocycles. The van der Waals surface area contributed by atoms with Crippen molar-refractivity contribution in [1.82, 2.24) is 0 Å². The Kier molecular flexibility index (Phi) is 7.40. The predicted octanol–water partition coefficient (Wildman–Crippen LogP) is 4.37. The molecule has 9 heteroatoms. The molecule has 0 saturated heterocycles. The van der Waals surface area contributed by atoms with Crippen LogP contribution in [0.2, 0.25) is 5.02 Å². The average Bonchev–Trinajstić information content (AvgIpc) is 2.79. The number of benzene rings is 3. The Hall–Kier alpha value is -3.36. The van der Waals surface area contributed by atoms with Crippen molar-refractivity contribution in [2.45, 2.75) is 13.0 Å². The van der Waals surface area contributed by atoms with Crippen molar-refractivity contribution >= 4 is 44.7 Å². The Labute approximate surface area is 198 Å². The van der Waals surface area contributed by atoms with Gasteiger partial charge in [0.15, 0.2) is 11.9 Å². The lowest BCUT2D eigenvalue weighted by Gasteiger charge is -2.19. The molecule has 1 atom stereocenters. The minimum atomic E-state index is -3.38. The van der Waals surface area contributed by atoms with Crippen LogP contribution in [0.4, 0.5) is 11.4 Å². The minimum absolute atomic E-state index is 0.266. The van der Waals surface area contributed by atoms with E-state index in [1.165, 1.54) is 13.1 Å². The summed E-state index contributed by atoms with van der Waals surface area (Å²) in [7, 11) is -1.94. The summed E-state index contributed by atoms with van der Waals surface area (Å²) in [5.74, 6) is -0.343. The first-order valence-electron chi connectivity index (χ1n) is 9.97. The van der Waals surface area contributed by atoms with Crippen molar-refractivity contribution in [2.75, 3.05) is 22.9 Å². The zero-order valence-electron chi connectivity index (χ0n) is 18.3. The van der Waals surface area contributed by atoms with Gasteiger partial charge in [-0.15, -0.1) is 0 Å². The number of amides is 1. The van der Waals surface area contributed by atoms with Crippen molar-refractivity contribution in [1.29, 1.82) is 0 Å². The molecule has 33 heavy (non-hydrogen) atoms. The summed E-state index contributed by atoms with van der Waals surface area (Å²) in [5.41, 5.74) is 1.52. The van der Waals surface area contributed by atoms with Gasteiger partial charge in [-0.1, -0.05) is 41.9 Å². The number of halogens is 1. The molecule has 1 unspecified atom stereocenters. The second-order valence-corrected chi connectivity index (χ2v) is 9.81. The number of nitrogens with one attached hydrogen (secondary N) is 1. The van der Waals surface area contributed by atoms with E-state index in [0.717, 1.165) is 10.6 Å². The third-order valence-electron chi connectivity index (χ3n) is 4.90. The monoisotopic (exact) mass is 486 g/mol. The van der Waals surface area contributed by atoms with E-state index in [2.05, 4.69) is 5.32 Å². The number of nitrogens with zero attached hydrogens (tertiary/aromatic N) is 1. The van der Waals surface area contributed by atoms with Gasteiger partial charge in [-0.3, -0.25) is 13.9 Å². The summed E-state index contributed by atoms with van der Waals surface area (Å²) in [5, 5.41) is 3.10. The fourth-order valence-corrected chi connectivity index (χ4v) is 3.65. The second kappa shape index (κ2) is 10.1. The van der Waals surface area contributed by atoms with Gasteiger partial charge in [-0.2, -0.15) is 0 Å². The third kappa shape index (κ3) is 6.12. The van der Waals surface area contributed by atoms with Crippen LogP contribution in [0.3, 0.4) is 0 Å². The maximum Gasteiger partial charge on any atom is 0.265 e. The molecule has 0 bridgehead atoms. The van der Waals surface area contributed by atoms with Gasteiger partial charge in [0, 0.05) is 23.2 Å². The number of anilines is 2. The van der Waals surface area contributed by atoms with Crippen molar-refractivity contribution in [2.24, 2.45) is 0 Å². The van der Waals surface area contributed by atoms with Crippen molar-refractivity contribution in [3.05, 3.63) is 88.9 Å². The Bertz CT molecular complexity index is 1260. The fraction of sp³-hybridized carbons (Fsp3) is 0.167. The van der Waals surface area contributed by atoms with Gasteiger partial charge in [0.2, 0.25) is 10.0 Å². The average molecular weight is 487 g/mol. The van der Waals surface area contributed by atoms with Crippen LogP contribution in [0.5, 0.6) is 5.75 Å². The summed E-state index contributed by atoms with van der Waals surface area (Å²) in [6, 6.07) is 19.7. The van der Waals surface area contributed by atoms with Gasteiger partial charge in [-0.05, 0) is 49.4 Å². The van der Waals surface area contributed by atoms with E-state index in [4.69, 9.17) is 16.3 Å². The first-order chi connectivity index (χ1) is 15.6. The number of hydrogen-bond donors (Lipinski definition) is 1. The van der Waals surface area contributed by atoms with Gasteiger partial charge in [0.05, 0.1) is 17.6 Å². The molecule has 172 valence electrons. The quantitative estimate of drug-likeness (QED) is 0.477. The van der Waals surface area contributed by atoms with E-state index < -0.39 is 22.0 Å². The van der Waals surface area contributed by atoms with Crippen LogP contribution in [-0.2, 0) is 14.8 Å². The summed E-state index contributed by atoms with van der Waals surface area (Å²) in [6.45, 7) is 1.57. The predicted molar refractivity (Wildman–Crippen MR) is 130 cm³/mol. The highest BCUT2D eigenvalue weighted by atomic mass is 35.5. The Morgan fingerprint density at radius 2 is 1.64 bits per heavy atom. The Morgan fingerprint density at radius 1 is 1.00 bits per heavy atom. The molecule has 1 N–H and O–H groups in total. The maximum absolute atomic E-state index is 12.9. The van der Waals surface area contributed by atoms with Crippen LogP contribution in [0.1, 0.15) is 22.8 Å². The number of ether oxygens (including phenoxy) is 1. The van der Waals surface area contributed by atoms with Crippen molar-refractivity contribution < 1.29 is 22.7 Å². The molecule has 0 saturated carbocycles. The molecular weight excluding hydrogens is 464 g/mol. The molecular formula is C24H23ClN2O5S. The second-order valence-electron chi connectivity index (χ2n) is 7.36. The normalized spacial score (nSPS) is 12.0. The van der Waals surface area contributed by atoms with Crippen LogP contribution in [0.15, 0.2) is 72.8 Å². The topological polar surface area (TPSA) is 92.8 Å². The van der Waals surface area contributed by atoms with Gasteiger partial charge >= 0.3 is 0 Å². The fourth-order valence-electron chi connectivity index (χ4n) is 2.98. The molecule has 0 heterocycles. The van der Waals surface area contributed by atoms with E-state index in [1.54, 1.807) is 67.6 Å². The molecule has 0 aliphatic carbocycles. The number of carbonyl (C=O) groups is 2. The molecule has 0 fully saturated rings. The lowest BCUT2D eigenvalue weighted by atomic mass is 10.0. The number of sulfonamides is 1. The highest BCUT2D eigenvalue weighted by Crippen LogP contribution is 2.25. The molecule has 1 amide bonds. The molecule has 3 rings (SSSR count). The van der Waals surface area contributed by atoms with Crippen LogP contribution >= 0.6 is 11.6 Å². The number of carbonyl (C=O) groups excluding carboxylic acids is 2. The maximum atomic E-state index is 12.9. The van der Waals surface area contributed by atoms with Crippen LogP contribution in [-0.4, -0.2) is 39.5 Å². The van der Waals surface area contributed by atoms with Crippen molar-refractivity contribution in [3.8, 4) is 5.75 Å². The number of rotatable bonds is 8. The minimum Gasteiger partial charge on any atom is -0.481 e. The Morgan fingerprint density at radius 3 is 2.24 bits per heavy atom. The lowest BCUT2D eigenvalue weighted by Crippen LogP contribution is -2.30. The van der Waals surface area contributed by atoms with Gasteiger partial charge < -0.3 is 10.1 Å². The van der Waals surface area contributed by atoms with E-state index in [0.29, 0.717) is 27.7 Å². The number of ketones is 1. The summed E-state index contributed by atoms with van der Waals surface area (Å²) in [6.07, 6.45) is 0.219. The van der Waals surface area contributed by atoms with Crippen molar-refractivity contribution in [3.63, 3.8) is 0 Å². The Balaban J connectivity index is 1.73. The van der Waals surface area contributed by atoms with Gasteiger partial charge in [-0.25, -0.2) is 8.42 Å². The zero-order valence-corrected chi connectivity index (χ0v) is 19.9. The molecule has 0 radical (unpaired) electrons. The largest absolute Gasteiger partial charge is 0.481 e. The van der Waals surface area contributed by atoms with Gasteiger partial charge in [0.25, 0.3) is 5.91 Å². The first kappa shape index (κ1) is 24.3. The highest BCUT2D eigenvalue weighted by Gasteiger charge is 2.20. The highest BCUT2D eigenvalue weighted by molar-refractivity contribution is 7.92. The molecule has 7 nitrogen and oxygen atoms in total. The van der Waals surface area contributed by atoms with E-state index >= 15 is 0 Å². The zero-order chi connectivity index (χ0) is 24.2. The molecule has 3 aromatic rings. The van der Waals surface area contributed by atoms with E-state index in [9.17, 15) is 18.0 Å². The smallest absolute Gasteiger partial charge is 0.265 e. The summed E-state index contributed by atoms with van der Waals surface area (Å²) < 4.78 is 30.1. The van der Waals surface area contributed by atoms with E-state index in [-0.39, 0.29) is 11.3 Å². The molecule has 0 aromatic heterocycles. The summed E-state index contributed by atoms with van der Waals surface area (Å²) >= 11 is 6.09. The molecule has 0 aliphatic rings. The standard InChI is InChI=1S/C24H23ClN2O5S/c1-16(32-20-12-10-19(11-13-20)27(2)33(3,30)31)24(29)26-22-14-9-18(25)15-21(22)23(28)17-7-5-4-6-8-17/h4-16H,1-3H3,(H,26,29). The molecule has 0 spiro atoms. The SMILES string of the molecule is CC(Oc1ccc(N(C)S(C)(=O)=O)cc1)C(=O)Nc1ccc(Cl)cc1C(=O)c1ccccc1. The van der Waals surface area contributed by atoms with E-state index in [1.807, 2.05) is 6.07 Å². The number of hydrogen-bond acceptors (Lipinski definition) is 5. The molecule has 0 aliphatic heterocycles. The van der Waals surface area contributed by atoms with Crippen LogP contribution in [0.25, 0.3) is 0 Å². The van der Waals surface area contributed by atoms with Gasteiger partial charge in [0.1, 0.15) is 5.75 Å². The lowest BCUT2D eigenvalue weighted by molar-refractivity contribution is -0.122.